The van der Waals surface area contributed by atoms with Gasteiger partial charge in [-0.3, -0.25) is 4.98 Å². The van der Waals surface area contributed by atoms with Crippen LogP contribution in [0.4, 0.5) is 5.69 Å². The van der Waals surface area contributed by atoms with E-state index in [2.05, 4.69) is 43.0 Å². The summed E-state index contributed by atoms with van der Waals surface area (Å²) in [6.45, 7) is 11.9. The van der Waals surface area contributed by atoms with Crippen LogP contribution in [-0.4, -0.2) is 35.5 Å². The number of anilines is 1. The second kappa shape index (κ2) is 8.85. The maximum atomic E-state index is 9.07. The number of nitriles is 1. The molecule has 0 bridgehead atoms. The first-order chi connectivity index (χ1) is 13.5. The predicted octanol–water partition coefficient (Wildman–Crippen LogP) is 4.42. The van der Waals surface area contributed by atoms with Gasteiger partial charge in [-0.2, -0.15) is 10.4 Å². The van der Waals surface area contributed by atoms with Gasteiger partial charge in [-0.05, 0) is 43.4 Å². The van der Waals surface area contributed by atoms with Crippen LogP contribution in [0.2, 0.25) is 0 Å². The number of hydrazone groups is 1. The molecule has 6 heteroatoms. The van der Waals surface area contributed by atoms with Crippen molar-refractivity contribution in [2.24, 2.45) is 5.10 Å². The summed E-state index contributed by atoms with van der Waals surface area (Å²) >= 11 is 0. The lowest BCUT2D eigenvalue weighted by atomic mass is 10.0. The van der Waals surface area contributed by atoms with E-state index in [0.29, 0.717) is 23.2 Å². The standard InChI is InChI=1S/C22H27N5O/c1-5-22(27-16(4)10-17(12-23)13-25-27)21-11-20(19(14-24-21)15(2)3)26-18-6-8-28-9-7-18/h5,10-11,13-15,18H,4,6-9H2,1-3H3,(H,24,26)/b22-5-. The van der Waals surface area contributed by atoms with Crippen LogP contribution in [0.1, 0.15) is 50.8 Å². The van der Waals surface area contributed by atoms with Crippen molar-refractivity contribution in [3.8, 4) is 6.07 Å². The Balaban J connectivity index is 1.91. The van der Waals surface area contributed by atoms with E-state index in [4.69, 9.17) is 15.0 Å². The minimum absolute atomic E-state index is 0.363. The number of hydrogen-bond donors (Lipinski definition) is 1. The smallest absolute Gasteiger partial charge is 0.101 e. The molecule has 0 atom stereocenters. The number of rotatable bonds is 5. The molecule has 0 unspecified atom stereocenters. The van der Waals surface area contributed by atoms with Crippen LogP contribution >= 0.6 is 0 Å². The highest BCUT2D eigenvalue weighted by Crippen LogP contribution is 2.31. The zero-order valence-corrected chi connectivity index (χ0v) is 16.8. The van der Waals surface area contributed by atoms with Gasteiger partial charge in [-0.15, -0.1) is 0 Å². The second-order valence-electron chi connectivity index (χ2n) is 7.28. The molecule has 28 heavy (non-hydrogen) atoms. The summed E-state index contributed by atoms with van der Waals surface area (Å²) < 4.78 is 5.48. The molecule has 0 spiro atoms. The van der Waals surface area contributed by atoms with Crippen LogP contribution in [0, 0.1) is 11.3 Å². The molecule has 0 aliphatic carbocycles. The Hall–Kier alpha value is -2.91. The van der Waals surface area contributed by atoms with Gasteiger partial charge < -0.3 is 10.1 Å². The van der Waals surface area contributed by atoms with Crippen molar-refractivity contribution < 1.29 is 4.74 Å². The number of nitrogens with one attached hydrogen (secondary N) is 1. The molecule has 3 heterocycles. The van der Waals surface area contributed by atoms with Crippen LogP contribution in [0.25, 0.3) is 5.70 Å². The zero-order chi connectivity index (χ0) is 20.1. The fraction of sp³-hybridized carbons (Fsp3) is 0.409. The Morgan fingerprint density at radius 3 is 2.79 bits per heavy atom. The summed E-state index contributed by atoms with van der Waals surface area (Å²) in [6.07, 6.45) is 9.17. The van der Waals surface area contributed by atoms with Crippen molar-refractivity contribution >= 4 is 17.6 Å². The highest BCUT2D eigenvalue weighted by atomic mass is 16.5. The predicted molar refractivity (Wildman–Crippen MR) is 113 cm³/mol. The summed E-state index contributed by atoms with van der Waals surface area (Å²) in [4.78, 5) is 4.70. The van der Waals surface area contributed by atoms with Gasteiger partial charge in [-0.1, -0.05) is 26.5 Å². The Kier molecular flexibility index (Phi) is 6.27. The molecule has 0 radical (unpaired) electrons. The van der Waals surface area contributed by atoms with Crippen LogP contribution in [0.15, 0.2) is 47.4 Å². The van der Waals surface area contributed by atoms with Gasteiger partial charge in [0.1, 0.15) is 6.07 Å². The average Bonchev–Trinajstić information content (AvgIpc) is 2.70. The van der Waals surface area contributed by atoms with Gasteiger partial charge in [0.15, 0.2) is 0 Å². The third-order valence-electron chi connectivity index (χ3n) is 4.94. The number of pyridine rings is 1. The van der Waals surface area contributed by atoms with Crippen molar-refractivity contribution in [2.75, 3.05) is 18.5 Å². The first kappa shape index (κ1) is 19.8. The maximum Gasteiger partial charge on any atom is 0.101 e. The third-order valence-corrected chi connectivity index (χ3v) is 4.94. The lowest BCUT2D eigenvalue weighted by molar-refractivity contribution is 0.0904. The monoisotopic (exact) mass is 377 g/mol. The lowest BCUT2D eigenvalue weighted by Gasteiger charge is -2.28. The fourth-order valence-electron chi connectivity index (χ4n) is 3.38. The number of nitrogens with zero attached hydrogens (tertiary/aromatic N) is 4. The molecule has 1 aromatic heterocycles. The molecule has 0 saturated carbocycles. The molecule has 1 N–H and O–H groups in total. The first-order valence-corrected chi connectivity index (χ1v) is 9.69. The van der Waals surface area contributed by atoms with Crippen molar-refractivity contribution in [2.45, 2.75) is 45.6 Å². The van der Waals surface area contributed by atoms with E-state index in [-0.39, 0.29) is 0 Å². The first-order valence-electron chi connectivity index (χ1n) is 9.69. The van der Waals surface area contributed by atoms with Crippen molar-refractivity contribution in [1.82, 2.24) is 9.99 Å². The van der Waals surface area contributed by atoms with E-state index in [0.717, 1.165) is 43.1 Å². The van der Waals surface area contributed by atoms with E-state index in [1.807, 2.05) is 19.2 Å². The van der Waals surface area contributed by atoms with E-state index in [1.54, 1.807) is 17.3 Å². The summed E-state index contributed by atoms with van der Waals surface area (Å²) in [5.41, 5.74) is 5.07. The van der Waals surface area contributed by atoms with Crippen molar-refractivity contribution in [1.29, 1.82) is 5.26 Å². The van der Waals surface area contributed by atoms with Gasteiger partial charge in [0.2, 0.25) is 0 Å². The molecule has 1 aromatic rings. The number of ether oxygens (including phenoxy) is 1. The molecule has 6 nitrogen and oxygen atoms in total. The van der Waals surface area contributed by atoms with E-state index in [9.17, 15) is 0 Å². The summed E-state index contributed by atoms with van der Waals surface area (Å²) in [6, 6.07) is 4.59. The van der Waals surface area contributed by atoms with Crippen LogP contribution in [0.3, 0.4) is 0 Å². The SMILES string of the molecule is C=C1C=C(C#N)C=NN1/C(=C\C)c1cc(NC2CCOCC2)c(C(C)C)cn1. The largest absolute Gasteiger partial charge is 0.382 e. The van der Waals surface area contributed by atoms with Gasteiger partial charge in [0.05, 0.1) is 28.9 Å². The summed E-state index contributed by atoms with van der Waals surface area (Å²) in [7, 11) is 0. The molecule has 1 saturated heterocycles. The van der Waals surface area contributed by atoms with Crippen molar-refractivity contribution in [3.63, 3.8) is 0 Å². The zero-order valence-electron chi connectivity index (χ0n) is 16.8. The average molecular weight is 377 g/mol. The molecule has 0 aromatic carbocycles. The molecular weight excluding hydrogens is 350 g/mol. The number of allylic oxidation sites excluding steroid dienone is 3. The fourth-order valence-corrected chi connectivity index (χ4v) is 3.38. The minimum Gasteiger partial charge on any atom is -0.382 e. The Morgan fingerprint density at radius 1 is 1.43 bits per heavy atom. The molecule has 2 aliphatic rings. The van der Waals surface area contributed by atoms with Crippen LogP contribution < -0.4 is 5.32 Å². The Morgan fingerprint density at radius 2 is 2.18 bits per heavy atom. The van der Waals surface area contributed by atoms with Crippen LogP contribution in [0.5, 0.6) is 0 Å². The van der Waals surface area contributed by atoms with Crippen LogP contribution in [-0.2, 0) is 4.74 Å². The highest BCUT2D eigenvalue weighted by Gasteiger charge is 2.21. The van der Waals surface area contributed by atoms with Gasteiger partial charge in [-0.25, -0.2) is 5.01 Å². The normalized spacial score (nSPS) is 18.2. The van der Waals surface area contributed by atoms with Gasteiger partial charge >= 0.3 is 0 Å². The van der Waals surface area contributed by atoms with Gasteiger partial charge in [0.25, 0.3) is 0 Å². The van der Waals surface area contributed by atoms with E-state index in [1.165, 1.54) is 5.56 Å². The quantitative estimate of drug-likeness (QED) is 0.822. The summed E-state index contributed by atoms with van der Waals surface area (Å²) in [5.74, 6) is 0.363. The maximum absolute atomic E-state index is 9.07. The highest BCUT2D eigenvalue weighted by molar-refractivity contribution is 5.86. The molecular formula is C22H27N5O. The Labute approximate surface area is 166 Å². The molecule has 3 rings (SSSR count). The van der Waals surface area contributed by atoms with E-state index >= 15 is 0 Å². The van der Waals surface area contributed by atoms with Gasteiger partial charge in [0, 0.05) is 31.1 Å². The molecule has 1 fully saturated rings. The number of hydrogen-bond acceptors (Lipinski definition) is 6. The molecule has 146 valence electrons. The van der Waals surface area contributed by atoms with E-state index < -0.39 is 0 Å². The molecule has 0 amide bonds. The number of aromatic nitrogens is 1. The lowest BCUT2D eigenvalue weighted by Crippen LogP contribution is -2.28. The van der Waals surface area contributed by atoms with Crippen molar-refractivity contribution in [3.05, 3.63) is 53.5 Å². The Bertz CT molecular complexity index is 869. The molecule has 2 aliphatic heterocycles. The second-order valence-corrected chi connectivity index (χ2v) is 7.28. The summed E-state index contributed by atoms with van der Waals surface area (Å²) in [5, 5.41) is 18.9. The third kappa shape index (κ3) is 4.32. The minimum atomic E-state index is 0.363. The topological polar surface area (TPSA) is 73.5 Å².